The molecular weight excluding hydrogens is 400 g/mol. The van der Waals surface area contributed by atoms with Gasteiger partial charge in [0.2, 0.25) is 5.91 Å². The van der Waals surface area contributed by atoms with Crippen LogP contribution >= 0.6 is 11.6 Å². The smallest absolute Gasteiger partial charge is 0.230 e. The molecule has 3 heterocycles. The Hall–Kier alpha value is -1.89. The van der Waals surface area contributed by atoms with Crippen LogP contribution < -0.4 is 0 Å². The van der Waals surface area contributed by atoms with Gasteiger partial charge in [-0.15, -0.1) is 0 Å². The number of hydrogen-bond donors (Lipinski definition) is 0. The summed E-state index contributed by atoms with van der Waals surface area (Å²) in [6, 6.07) is 8.34. The van der Waals surface area contributed by atoms with Crippen LogP contribution in [0.1, 0.15) is 43.5 Å². The quantitative estimate of drug-likeness (QED) is 0.673. The monoisotopic (exact) mass is 430 g/mol. The second-order valence-electron chi connectivity index (χ2n) is 8.88. The molecule has 2 aromatic rings. The molecule has 1 aromatic carbocycles. The van der Waals surface area contributed by atoms with Crippen molar-refractivity contribution in [3.8, 4) is 0 Å². The van der Waals surface area contributed by atoms with Gasteiger partial charge in [0.25, 0.3) is 0 Å². The minimum atomic E-state index is -0.406. The predicted octanol–water partition coefficient (Wildman–Crippen LogP) is 3.58. The topological polar surface area (TPSA) is 50.6 Å². The molecule has 2 saturated heterocycles. The number of nitrogens with zero attached hydrogens (tertiary/aromatic N) is 4. The normalized spacial score (nSPS) is 24.6. The van der Waals surface area contributed by atoms with Gasteiger partial charge in [0.05, 0.1) is 24.0 Å². The van der Waals surface area contributed by atoms with Gasteiger partial charge in [0.1, 0.15) is 0 Å². The number of ether oxygens (including phenoxy) is 1. The fourth-order valence-corrected chi connectivity index (χ4v) is 5.04. The van der Waals surface area contributed by atoms with E-state index in [0.29, 0.717) is 19.2 Å². The van der Waals surface area contributed by atoms with Crippen LogP contribution in [-0.2, 0) is 16.1 Å². The Morgan fingerprint density at radius 3 is 2.73 bits per heavy atom. The first-order valence-electron chi connectivity index (χ1n) is 10.7. The Balaban J connectivity index is 1.60. The Morgan fingerprint density at radius 1 is 1.30 bits per heavy atom. The maximum atomic E-state index is 13.6. The summed E-state index contributed by atoms with van der Waals surface area (Å²) in [6.45, 7) is 8.72. The highest BCUT2D eigenvalue weighted by Crippen LogP contribution is 2.49. The number of likely N-dealkylation sites (tertiary alicyclic amines) is 2. The van der Waals surface area contributed by atoms with Crippen molar-refractivity contribution in [3.05, 3.63) is 53.1 Å². The maximum Gasteiger partial charge on any atom is 0.230 e. The van der Waals surface area contributed by atoms with Gasteiger partial charge in [-0.2, -0.15) is 0 Å². The summed E-state index contributed by atoms with van der Waals surface area (Å²) in [5, 5.41) is 0.744. The molecule has 0 radical (unpaired) electrons. The minimum Gasteiger partial charge on any atom is -0.383 e. The lowest BCUT2D eigenvalue weighted by Crippen LogP contribution is -2.40. The summed E-state index contributed by atoms with van der Waals surface area (Å²) in [7, 11) is 1.68. The lowest BCUT2D eigenvalue weighted by Gasteiger charge is -2.28. The van der Waals surface area contributed by atoms with Gasteiger partial charge in [-0.1, -0.05) is 23.7 Å². The highest BCUT2D eigenvalue weighted by molar-refractivity contribution is 6.30. The van der Waals surface area contributed by atoms with Gasteiger partial charge in [0.15, 0.2) is 0 Å². The Kier molecular flexibility index (Phi) is 6.19. The molecule has 0 N–H and O–H groups in total. The molecule has 2 atom stereocenters. The van der Waals surface area contributed by atoms with E-state index in [0.717, 1.165) is 43.3 Å². The highest BCUT2D eigenvalue weighted by atomic mass is 35.5. The van der Waals surface area contributed by atoms with Crippen LogP contribution in [0.25, 0.3) is 0 Å². The van der Waals surface area contributed by atoms with Crippen LogP contribution in [0.4, 0.5) is 0 Å². The van der Waals surface area contributed by atoms with Crippen LogP contribution in [0.3, 0.4) is 0 Å². The summed E-state index contributed by atoms with van der Waals surface area (Å²) in [4.78, 5) is 22.7. The average molecular weight is 431 g/mol. The van der Waals surface area contributed by atoms with E-state index in [1.165, 1.54) is 5.56 Å². The summed E-state index contributed by atoms with van der Waals surface area (Å²) < 4.78 is 7.36. The first-order valence-corrected chi connectivity index (χ1v) is 11.1. The predicted molar refractivity (Wildman–Crippen MR) is 118 cm³/mol. The SMILES string of the molecule is COCCN1CC[C@]2(CN(Cc3ccc(Cl)cc3)C[C@H]2c2cn(C(C)C)cn2)C1=O. The summed E-state index contributed by atoms with van der Waals surface area (Å²) >= 11 is 6.05. The minimum absolute atomic E-state index is 0.102. The van der Waals surface area contributed by atoms with Gasteiger partial charge < -0.3 is 14.2 Å². The first kappa shape index (κ1) is 21.3. The van der Waals surface area contributed by atoms with E-state index >= 15 is 0 Å². The van der Waals surface area contributed by atoms with E-state index in [1.54, 1.807) is 7.11 Å². The van der Waals surface area contributed by atoms with E-state index in [2.05, 4.69) is 41.6 Å². The zero-order chi connectivity index (χ0) is 21.3. The number of imidazole rings is 1. The second kappa shape index (κ2) is 8.69. The number of halogens is 1. The number of amides is 1. The van der Waals surface area contributed by atoms with E-state index in [4.69, 9.17) is 21.3 Å². The lowest BCUT2D eigenvalue weighted by atomic mass is 9.75. The van der Waals surface area contributed by atoms with Crippen molar-refractivity contribution in [2.75, 3.05) is 39.9 Å². The molecule has 0 saturated carbocycles. The third-order valence-electron chi connectivity index (χ3n) is 6.61. The van der Waals surface area contributed by atoms with Gasteiger partial charge in [0, 0.05) is 63.0 Å². The molecule has 30 heavy (non-hydrogen) atoms. The molecule has 4 rings (SSSR count). The molecule has 1 spiro atoms. The third kappa shape index (κ3) is 4.01. The van der Waals surface area contributed by atoms with Gasteiger partial charge in [-0.25, -0.2) is 4.98 Å². The fraction of sp³-hybridized carbons (Fsp3) is 0.565. The molecular formula is C23H31ClN4O2. The molecule has 1 amide bonds. The van der Waals surface area contributed by atoms with Crippen molar-refractivity contribution in [1.29, 1.82) is 0 Å². The van der Waals surface area contributed by atoms with Gasteiger partial charge in [-0.05, 0) is 38.0 Å². The molecule has 6 nitrogen and oxygen atoms in total. The van der Waals surface area contributed by atoms with Crippen molar-refractivity contribution in [3.63, 3.8) is 0 Å². The number of carbonyl (C=O) groups is 1. The van der Waals surface area contributed by atoms with E-state index < -0.39 is 5.41 Å². The zero-order valence-electron chi connectivity index (χ0n) is 18.1. The van der Waals surface area contributed by atoms with E-state index in [1.807, 2.05) is 23.4 Å². The van der Waals surface area contributed by atoms with Crippen LogP contribution in [0.5, 0.6) is 0 Å². The maximum absolute atomic E-state index is 13.6. The summed E-state index contributed by atoms with van der Waals surface area (Å²) in [5.74, 6) is 0.354. The number of rotatable bonds is 7. The van der Waals surface area contributed by atoms with Crippen LogP contribution in [-0.4, -0.2) is 65.2 Å². The second-order valence-corrected chi connectivity index (χ2v) is 9.32. The van der Waals surface area contributed by atoms with Crippen LogP contribution in [0.15, 0.2) is 36.8 Å². The van der Waals surface area contributed by atoms with Crippen molar-refractivity contribution in [2.45, 2.75) is 38.8 Å². The third-order valence-corrected chi connectivity index (χ3v) is 6.87. The fourth-order valence-electron chi connectivity index (χ4n) is 4.91. The molecule has 2 fully saturated rings. The summed E-state index contributed by atoms with van der Waals surface area (Å²) in [5.41, 5.74) is 1.84. The average Bonchev–Trinajstić information content (AvgIpc) is 3.42. The lowest BCUT2D eigenvalue weighted by molar-refractivity contribution is -0.136. The van der Waals surface area contributed by atoms with Crippen molar-refractivity contribution >= 4 is 17.5 Å². The van der Waals surface area contributed by atoms with E-state index in [9.17, 15) is 4.79 Å². The molecule has 1 aromatic heterocycles. The Bertz CT molecular complexity index is 882. The number of aromatic nitrogens is 2. The molecule has 162 valence electrons. The van der Waals surface area contributed by atoms with Crippen molar-refractivity contribution in [1.82, 2.24) is 19.4 Å². The van der Waals surface area contributed by atoms with Crippen molar-refractivity contribution in [2.24, 2.45) is 5.41 Å². The largest absolute Gasteiger partial charge is 0.383 e. The molecule has 0 bridgehead atoms. The van der Waals surface area contributed by atoms with Crippen molar-refractivity contribution < 1.29 is 9.53 Å². The Labute approximate surface area is 183 Å². The van der Waals surface area contributed by atoms with Gasteiger partial charge in [-0.3, -0.25) is 9.69 Å². The van der Waals surface area contributed by atoms with Crippen LogP contribution in [0, 0.1) is 5.41 Å². The zero-order valence-corrected chi connectivity index (χ0v) is 18.8. The number of methoxy groups -OCH3 is 1. The first-order chi connectivity index (χ1) is 14.4. The summed E-state index contributed by atoms with van der Waals surface area (Å²) in [6.07, 6.45) is 4.90. The molecule has 0 unspecified atom stereocenters. The molecule has 2 aliphatic rings. The number of carbonyl (C=O) groups excluding carboxylic acids is 1. The highest BCUT2D eigenvalue weighted by Gasteiger charge is 2.57. The number of benzene rings is 1. The van der Waals surface area contributed by atoms with Crippen LogP contribution in [0.2, 0.25) is 5.02 Å². The molecule has 2 aliphatic heterocycles. The standard InChI is InChI=1S/C23H31ClN4O2/c1-17(2)28-14-21(25-16-28)20-13-26(12-18-4-6-19(24)7-5-18)15-23(20)8-9-27(22(23)29)10-11-30-3/h4-7,14,16-17,20H,8-13,15H2,1-3H3/t20-,23+/m0/s1. The van der Waals surface area contributed by atoms with Gasteiger partial charge >= 0.3 is 0 Å². The molecule has 7 heteroatoms. The van der Waals surface area contributed by atoms with E-state index in [-0.39, 0.29) is 11.8 Å². The number of hydrogen-bond acceptors (Lipinski definition) is 4. The molecule has 0 aliphatic carbocycles. The Morgan fingerprint density at radius 2 is 2.07 bits per heavy atom.